The molecule has 3 aromatic carbocycles. The Morgan fingerprint density at radius 3 is 2.12 bits per heavy atom. The van der Waals surface area contributed by atoms with Crippen molar-refractivity contribution in [3.8, 4) is 5.75 Å². The standard InChI is InChI=1S/C26H24N2O4/c1-3-31-21-16-14-19(15-17-21)27-24(29)23-26(2,25(27)30)22(18-10-6-4-7-11-18)28(32-23)20-12-8-5-9-13-20/h4-17,22-23H,3H2,1-2H3/t22-,23+,26-/m0/s1. The molecular formula is C26H24N2O4. The van der Waals surface area contributed by atoms with Crippen LogP contribution in [0.2, 0.25) is 0 Å². The lowest BCUT2D eigenvalue weighted by Crippen LogP contribution is -2.41. The minimum absolute atomic E-state index is 0.274. The van der Waals surface area contributed by atoms with Crippen LogP contribution in [-0.2, 0) is 14.4 Å². The van der Waals surface area contributed by atoms with Crippen molar-refractivity contribution in [1.82, 2.24) is 0 Å². The van der Waals surface area contributed by atoms with Gasteiger partial charge in [0.15, 0.2) is 6.10 Å². The van der Waals surface area contributed by atoms with E-state index in [4.69, 9.17) is 9.57 Å². The molecule has 0 radical (unpaired) electrons. The SMILES string of the molecule is CCOc1ccc(N2C(=O)[C@H]3ON(c4ccccc4)[C@@H](c4ccccc4)[C@]3(C)C2=O)cc1. The third kappa shape index (κ3) is 2.99. The maximum absolute atomic E-state index is 13.9. The summed E-state index contributed by atoms with van der Waals surface area (Å²) in [5.74, 6) is 0.0559. The fraction of sp³-hybridized carbons (Fsp3) is 0.231. The third-order valence-corrected chi connectivity index (χ3v) is 6.21. The van der Waals surface area contributed by atoms with Crippen LogP contribution in [0.5, 0.6) is 5.75 Å². The van der Waals surface area contributed by atoms with Crippen molar-refractivity contribution in [2.75, 3.05) is 16.6 Å². The summed E-state index contributed by atoms with van der Waals surface area (Å²) < 4.78 is 5.49. The van der Waals surface area contributed by atoms with E-state index < -0.39 is 17.6 Å². The number of nitrogens with zero attached hydrogens (tertiary/aromatic N) is 2. The lowest BCUT2D eigenvalue weighted by Gasteiger charge is -2.32. The van der Waals surface area contributed by atoms with Crippen LogP contribution in [-0.4, -0.2) is 24.5 Å². The van der Waals surface area contributed by atoms with Crippen molar-refractivity contribution in [3.05, 3.63) is 90.5 Å². The summed E-state index contributed by atoms with van der Waals surface area (Å²) in [7, 11) is 0. The average molecular weight is 428 g/mol. The molecule has 2 aliphatic rings. The Morgan fingerprint density at radius 2 is 1.50 bits per heavy atom. The first-order valence-corrected chi connectivity index (χ1v) is 10.7. The minimum Gasteiger partial charge on any atom is -0.494 e. The maximum Gasteiger partial charge on any atom is 0.266 e. The van der Waals surface area contributed by atoms with Gasteiger partial charge in [-0.3, -0.25) is 14.4 Å². The highest BCUT2D eigenvalue weighted by atomic mass is 16.7. The maximum atomic E-state index is 13.9. The molecule has 0 unspecified atom stereocenters. The smallest absolute Gasteiger partial charge is 0.266 e. The number of amides is 2. The summed E-state index contributed by atoms with van der Waals surface area (Å²) in [5.41, 5.74) is 1.13. The predicted octanol–water partition coefficient (Wildman–Crippen LogP) is 4.53. The summed E-state index contributed by atoms with van der Waals surface area (Å²) >= 11 is 0. The van der Waals surface area contributed by atoms with Gasteiger partial charge >= 0.3 is 0 Å². The molecule has 3 atom stereocenters. The Bertz CT molecular complexity index is 1130. The van der Waals surface area contributed by atoms with Crippen LogP contribution in [0.1, 0.15) is 25.5 Å². The van der Waals surface area contributed by atoms with E-state index in [1.54, 1.807) is 29.3 Å². The number of para-hydroxylation sites is 1. The molecule has 2 fully saturated rings. The van der Waals surface area contributed by atoms with Gasteiger partial charge in [-0.15, -0.1) is 0 Å². The molecular weight excluding hydrogens is 404 g/mol. The predicted molar refractivity (Wildman–Crippen MR) is 121 cm³/mol. The number of imide groups is 1. The van der Waals surface area contributed by atoms with Crippen LogP contribution < -0.4 is 14.7 Å². The largest absolute Gasteiger partial charge is 0.494 e. The van der Waals surface area contributed by atoms with Crippen LogP contribution in [0.4, 0.5) is 11.4 Å². The normalized spacial score (nSPS) is 24.7. The van der Waals surface area contributed by atoms with Gasteiger partial charge < -0.3 is 4.74 Å². The van der Waals surface area contributed by atoms with Crippen LogP contribution in [0.15, 0.2) is 84.9 Å². The molecule has 0 aromatic heterocycles. The van der Waals surface area contributed by atoms with Gasteiger partial charge in [-0.25, -0.2) is 9.96 Å². The summed E-state index contributed by atoms with van der Waals surface area (Å²) in [6, 6.07) is 25.8. The van der Waals surface area contributed by atoms with Crippen molar-refractivity contribution in [1.29, 1.82) is 0 Å². The average Bonchev–Trinajstić information content (AvgIpc) is 3.24. The molecule has 3 aromatic rings. The number of ether oxygens (including phenoxy) is 1. The van der Waals surface area contributed by atoms with Crippen LogP contribution >= 0.6 is 0 Å². The van der Waals surface area contributed by atoms with Gasteiger partial charge in [-0.2, -0.15) is 0 Å². The number of hydrogen-bond donors (Lipinski definition) is 0. The first kappa shape index (κ1) is 20.3. The molecule has 0 aliphatic carbocycles. The Kier molecular flexibility index (Phi) is 4.94. The Hall–Kier alpha value is -3.64. The molecule has 6 heteroatoms. The van der Waals surface area contributed by atoms with Gasteiger partial charge in [0.1, 0.15) is 11.2 Å². The number of anilines is 2. The molecule has 2 saturated heterocycles. The summed E-state index contributed by atoms with van der Waals surface area (Å²) in [4.78, 5) is 34.8. The number of carbonyl (C=O) groups is 2. The quantitative estimate of drug-likeness (QED) is 0.559. The molecule has 32 heavy (non-hydrogen) atoms. The highest BCUT2D eigenvalue weighted by Gasteiger charge is 2.68. The van der Waals surface area contributed by atoms with Crippen LogP contribution in [0, 0.1) is 5.41 Å². The molecule has 0 spiro atoms. The lowest BCUT2D eigenvalue weighted by atomic mass is 9.76. The summed E-state index contributed by atoms with van der Waals surface area (Å²) in [6.07, 6.45) is -0.924. The number of hydroxylamine groups is 1. The zero-order valence-electron chi connectivity index (χ0n) is 18.0. The fourth-order valence-electron chi connectivity index (χ4n) is 4.66. The second-order valence-corrected chi connectivity index (χ2v) is 8.15. The summed E-state index contributed by atoms with van der Waals surface area (Å²) in [5, 5.41) is 1.71. The molecule has 162 valence electrons. The second-order valence-electron chi connectivity index (χ2n) is 8.15. The number of hydrogen-bond acceptors (Lipinski definition) is 5. The van der Waals surface area contributed by atoms with E-state index in [-0.39, 0.29) is 11.8 Å². The second kappa shape index (κ2) is 7.80. The van der Waals surface area contributed by atoms with Gasteiger partial charge in [-0.05, 0) is 55.8 Å². The van der Waals surface area contributed by atoms with Crippen molar-refractivity contribution >= 4 is 23.2 Å². The van der Waals surface area contributed by atoms with E-state index in [0.29, 0.717) is 18.0 Å². The van der Waals surface area contributed by atoms with Gasteiger partial charge in [0.2, 0.25) is 5.91 Å². The minimum atomic E-state index is -1.09. The molecule has 2 aliphatic heterocycles. The van der Waals surface area contributed by atoms with E-state index in [1.807, 2.05) is 74.5 Å². The van der Waals surface area contributed by atoms with E-state index in [0.717, 1.165) is 11.3 Å². The monoisotopic (exact) mass is 428 g/mol. The van der Waals surface area contributed by atoms with Gasteiger partial charge in [-0.1, -0.05) is 48.5 Å². The van der Waals surface area contributed by atoms with Crippen molar-refractivity contribution in [2.24, 2.45) is 5.41 Å². The number of benzene rings is 3. The molecule has 0 bridgehead atoms. The Labute approximate surface area is 186 Å². The zero-order chi connectivity index (χ0) is 22.3. The molecule has 6 nitrogen and oxygen atoms in total. The van der Waals surface area contributed by atoms with Gasteiger partial charge in [0, 0.05) is 0 Å². The Balaban J connectivity index is 1.57. The fourth-order valence-corrected chi connectivity index (χ4v) is 4.66. The van der Waals surface area contributed by atoms with Gasteiger partial charge in [0.25, 0.3) is 5.91 Å². The lowest BCUT2D eigenvalue weighted by molar-refractivity contribution is -0.128. The Morgan fingerprint density at radius 1 is 0.875 bits per heavy atom. The van der Waals surface area contributed by atoms with Crippen molar-refractivity contribution < 1.29 is 19.2 Å². The topological polar surface area (TPSA) is 59.1 Å². The van der Waals surface area contributed by atoms with E-state index >= 15 is 0 Å². The van der Waals surface area contributed by atoms with E-state index in [1.165, 1.54) is 4.90 Å². The third-order valence-electron chi connectivity index (χ3n) is 6.21. The van der Waals surface area contributed by atoms with Crippen LogP contribution in [0.25, 0.3) is 0 Å². The first-order valence-electron chi connectivity index (χ1n) is 10.7. The number of rotatable bonds is 5. The first-order chi connectivity index (χ1) is 15.6. The zero-order valence-corrected chi connectivity index (χ0v) is 18.0. The molecule has 0 saturated carbocycles. The highest BCUT2D eigenvalue weighted by Crippen LogP contribution is 2.55. The number of fused-ring (bicyclic) bond motifs is 1. The highest BCUT2D eigenvalue weighted by molar-refractivity contribution is 6.25. The van der Waals surface area contributed by atoms with E-state index in [9.17, 15) is 9.59 Å². The van der Waals surface area contributed by atoms with E-state index in [2.05, 4.69) is 0 Å². The van der Waals surface area contributed by atoms with Gasteiger partial charge in [0.05, 0.1) is 24.0 Å². The molecule has 2 amide bonds. The van der Waals surface area contributed by atoms with Crippen molar-refractivity contribution in [2.45, 2.75) is 26.0 Å². The molecule has 2 heterocycles. The van der Waals surface area contributed by atoms with Crippen molar-refractivity contribution in [3.63, 3.8) is 0 Å². The molecule has 5 rings (SSSR count). The molecule has 0 N–H and O–H groups in total. The summed E-state index contributed by atoms with van der Waals surface area (Å²) in [6.45, 7) is 4.28. The van der Waals surface area contributed by atoms with Crippen LogP contribution in [0.3, 0.4) is 0 Å². The number of carbonyl (C=O) groups excluding carboxylic acids is 2.